The molecular weight excluding hydrogens is 362 g/mol. The minimum atomic E-state index is -0.169. The summed E-state index contributed by atoms with van der Waals surface area (Å²) in [6.07, 6.45) is 8.97. The van der Waals surface area contributed by atoms with E-state index < -0.39 is 0 Å². The summed E-state index contributed by atoms with van der Waals surface area (Å²) >= 11 is 0. The van der Waals surface area contributed by atoms with E-state index in [1.54, 1.807) is 6.08 Å². The fraction of sp³-hybridized carbons (Fsp3) is 0.542. The Kier molecular flexibility index (Phi) is 4.56. The lowest BCUT2D eigenvalue weighted by Gasteiger charge is -2.56. The molecule has 4 aliphatic rings. The van der Waals surface area contributed by atoms with Crippen LogP contribution in [0.3, 0.4) is 0 Å². The molecule has 5 nitrogen and oxygen atoms in total. The van der Waals surface area contributed by atoms with Crippen molar-refractivity contribution >= 4 is 5.91 Å². The van der Waals surface area contributed by atoms with Gasteiger partial charge in [0.2, 0.25) is 17.6 Å². The fourth-order valence-corrected chi connectivity index (χ4v) is 6.47. The van der Waals surface area contributed by atoms with Gasteiger partial charge in [-0.1, -0.05) is 35.0 Å². The predicted molar refractivity (Wildman–Crippen MR) is 111 cm³/mol. The standard InChI is InChI=1S/C24H29N3O2/c1-3-7-27(15-21-25-22(26-29-21)20-6-4-5-16(2)8-20)23(28)24-12-17-9-18(13-24)11-19(10-17)14-24/h3-6,8,17-19H,1,7,9-15H2,2H3. The Morgan fingerprint density at radius 2 is 1.93 bits per heavy atom. The van der Waals surface area contributed by atoms with Crippen LogP contribution in [0.1, 0.15) is 50.0 Å². The topological polar surface area (TPSA) is 59.2 Å². The van der Waals surface area contributed by atoms with Gasteiger partial charge in [-0.05, 0) is 69.3 Å². The molecule has 152 valence electrons. The highest BCUT2D eigenvalue weighted by molar-refractivity contribution is 5.83. The van der Waals surface area contributed by atoms with Gasteiger partial charge in [0.05, 0.1) is 5.41 Å². The van der Waals surface area contributed by atoms with E-state index >= 15 is 0 Å². The molecule has 6 rings (SSSR count). The summed E-state index contributed by atoms with van der Waals surface area (Å²) < 4.78 is 5.52. The van der Waals surface area contributed by atoms with Gasteiger partial charge in [-0.2, -0.15) is 4.98 Å². The van der Waals surface area contributed by atoms with Crippen LogP contribution in [0.5, 0.6) is 0 Å². The first-order valence-electron chi connectivity index (χ1n) is 10.8. The molecule has 4 saturated carbocycles. The molecule has 4 aliphatic carbocycles. The molecule has 5 heteroatoms. The van der Waals surface area contributed by atoms with Gasteiger partial charge in [0.1, 0.15) is 6.54 Å². The lowest BCUT2D eigenvalue weighted by molar-refractivity contribution is -0.158. The predicted octanol–water partition coefficient (Wildman–Crippen LogP) is 4.78. The first kappa shape index (κ1) is 18.6. The molecule has 4 fully saturated rings. The van der Waals surface area contributed by atoms with E-state index in [0.29, 0.717) is 24.8 Å². The summed E-state index contributed by atoms with van der Waals surface area (Å²) in [7, 11) is 0. The minimum Gasteiger partial charge on any atom is -0.337 e. The van der Waals surface area contributed by atoms with E-state index in [0.717, 1.165) is 48.1 Å². The van der Waals surface area contributed by atoms with Crippen molar-refractivity contribution in [1.82, 2.24) is 15.0 Å². The number of benzene rings is 1. The molecule has 0 saturated heterocycles. The molecule has 0 aliphatic heterocycles. The van der Waals surface area contributed by atoms with Crippen LogP contribution in [-0.2, 0) is 11.3 Å². The van der Waals surface area contributed by atoms with Crippen LogP contribution < -0.4 is 0 Å². The summed E-state index contributed by atoms with van der Waals surface area (Å²) in [5.74, 6) is 3.56. The van der Waals surface area contributed by atoms with Crippen molar-refractivity contribution in [3.63, 3.8) is 0 Å². The largest absolute Gasteiger partial charge is 0.337 e. The van der Waals surface area contributed by atoms with Crippen LogP contribution in [0, 0.1) is 30.1 Å². The van der Waals surface area contributed by atoms with Crippen LogP contribution in [0.25, 0.3) is 11.4 Å². The van der Waals surface area contributed by atoms with E-state index in [-0.39, 0.29) is 11.3 Å². The highest BCUT2D eigenvalue weighted by Gasteiger charge is 2.55. The zero-order chi connectivity index (χ0) is 20.0. The Morgan fingerprint density at radius 3 is 2.55 bits per heavy atom. The van der Waals surface area contributed by atoms with Crippen LogP contribution in [0.2, 0.25) is 0 Å². The third-order valence-corrected chi connectivity index (χ3v) is 7.20. The van der Waals surface area contributed by atoms with Gasteiger partial charge in [0.25, 0.3) is 0 Å². The number of aromatic nitrogens is 2. The molecule has 29 heavy (non-hydrogen) atoms. The van der Waals surface area contributed by atoms with Crippen molar-refractivity contribution in [2.45, 2.75) is 52.0 Å². The SMILES string of the molecule is C=CCN(Cc1nc(-c2cccc(C)c2)no1)C(=O)C12CC3CC(CC(C3)C1)C2. The number of carbonyl (C=O) groups is 1. The van der Waals surface area contributed by atoms with Crippen LogP contribution in [0.4, 0.5) is 0 Å². The third-order valence-electron chi connectivity index (χ3n) is 7.20. The molecule has 0 radical (unpaired) electrons. The maximum atomic E-state index is 13.7. The molecule has 1 amide bonds. The first-order valence-corrected chi connectivity index (χ1v) is 10.8. The van der Waals surface area contributed by atoms with E-state index in [1.165, 1.54) is 19.3 Å². The summed E-state index contributed by atoms with van der Waals surface area (Å²) in [5.41, 5.74) is 1.92. The van der Waals surface area contributed by atoms with Crippen molar-refractivity contribution in [2.75, 3.05) is 6.54 Å². The van der Waals surface area contributed by atoms with Crippen LogP contribution in [-0.4, -0.2) is 27.5 Å². The van der Waals surface area contributed by atoms with E-state index in [2.05, 4.69) is 16.7 Å². The van der Waals surface area contributed by atoms with Gasteiger partial charge in [-0.15, -0.1) is 6.58 Å². The zero-order valence-electron chi connectivity index (χ0n) is 17.1. The molecule has 1 aromatic heterocycles. The third kappa shape index (κ3) is 3.41. The average molecular weight is 392 g/mol. The average Bonchev–Trinajstić information content (AvgIpc) is 3.15. The molecule has 0 unspecified atom stereocenters. The fourth-order valence-electron chi connectivity index (χ4n) is 6.47. The van der Waals surface area contributed by atoms with Gasteiger partial charge >= 0.3 is 0 Å². The number of aryl methyl sites for hydroxylation is 1. The van der Waals surface area contributed by atoms with Gasteiger partial charge in [-0.25, -0.2) is 0 Å². The Labute approximate surface area is 172 Å². The summed E-state index contributed by atoms with van der Waals surface area (Å²) in [5, 5.41) is 4.14. The molecule has 0 atom stereocenters. The van der Waals surface area contributed by atoms with E-state index in [1.807, 2.05) is 36.1 Å². The Hall–Kier alpha value is -2.43. The number of rotatable bonds is 6. The lowest BCUT2D eigenvalue weighted by atomic mass is 9.49. The smallest absolute Gasteiger partial charge is 0.246 e. The molecular formula is C24H29N3O2. The Bertz CT molecular complexity index is 896. The zero-order valence-corrected chi connectivity index (χ0v) is 17.1. The second-order valence-electron chi connectivity index (χ2n) is 9.55. The molecule has 1 aromatic carbocycles. The van der Waals surface area contributed by atoms with E-state index in [4.69, 9.17) is 4.52 Å². The van der Waals surface area contributed by atoms with Crippen LogP contribution >= 0.6 is 0 Å². The summed E-state index contributed by atoms with van der Waals surface area (Å²) in [4.78, 5) is 20.1. The number of hydrogen-bond donors (Lipinski definition) is 0. The van der Waals surface area contributed by atoms with E-state index in [9.17, 15) is 4.79 Å². The molecule has 4 bridgehead atoms. The number of nitrogens with zero attached hydrogens (tertiary/aromatic N) is 3. The quantitative estimate of drug-likeness (QED) is 0.665. The number of carbonyl (C=O) groups excluding carboxylic acids is 1. The van der Waals surface area contributed by atoms with Crippen LogP contribution in [0.15, 0.2) is 41.4 Å². The summed E-state index contributed by atoms with van der Waals surface area (Å²) in [6.45, 7) is 6.78. The molecule has 0 spiro atoms. The second-order valence-corrected chi connectivity index (χ2v) is 9.55. The van der Waals surface area contributed by atoms with Crippen molar-refractivity contribution in [1.29, 1.82) is 0 Å². The molecule has 0 N–H and O–H groups in total. The molecule has 1 heterocycles. The molecule has 2 aromatic rings. The highest BCUT2D eigenvalue weighted by Crippen LogP contribution is 2.60. The Morgan fingerprint density at radius 1 is 1.24 bits per heavy atom. The van der Waals surface area contributed by atoms with Crippen molar-refractivity contribution in [3.8, 4) is 11.4 Å². The highest BCUT2D eigenvalue weighted by atomic mass is 16.5. The van der Waals surface area contributed by atoms with Crippen molar-refractivity contribution in [2.24, 2.45) is 23.2 Å². The number of hydrogen-bond acceptors (Lipinski definition) is 4. The normalized spacial score (nSPS) is 29.8. The Balaban J connectivity index is 1.36. The van der Waals surface area contributed by atoms with Gasteiger partial charge < -0.3 is 9.42 Å². The van der Waals surface area contributed by atoms with Gasteiger partial charge in [0, 0.05) is 12.1 Å². The second kappa shape index (κ2) is 7.12. The first-order chi connectivity index (χ1) is 14.0. The number of amides is 1. The van der Waals surface area contributed by atoms with Crippen molar-refractivity contribution < 1.29 is 9.32 Å². The van der Waals surface area contributed by atoms with Crippen molar-refractivity contribution in [3.05, 3.63) is 48.4 Å². The minimum absolute atomic E-state index is 0.169. The monoisotopic (exact) mass is 391 g/mol. The summed E-state index contributed by atoms with van der Waals surface area (Å²) in [6, 6.07) is 8.04. The maximum Gasteiger partial charge on any atom is 0.246 e. The lowest BCUT2D eigenvalue weighted by Crippen LogP contribution is -2.54. The maximum absolute atomic E-state index is 13.7. The van der Waals surface area contributed by atoms with Gasteiger partial charge in [0.15, 0.2) is 0 Å². The van der Waals surface area contributed by atoms with Gasteiger partial charge in [-0.3, -0.25) is 4.79 Å².